The maximum atomic E-state index is 12.3. The smallest absolute Gasteiger partial charge is 0.214 e. The summed E-state index contributed by atoms with van der Waals surface area (Å²) in [6.07, 6.45) is 0.834. The van der Waals surface area contributed by atoms with E-state index >= 15 is 0 Å². The molecule has 2 aromatic carbocycles. The normalized spacial score (nSPS) is 12.2. The molecule has 2 N–H and O–H groups in total. The molecule has 0 spiro atoms. The zero-order valence-electron chi connectivity index (χ0n) is 13.5. The summed E-state index contributed by atoms with van der Waals surface area (Å²) < 4.78 is 52.9. The Morgan fingerprint density at radius 2 is 1.50 bits per heavy atom. The summed E-state index contributed by atoms with van der Waals surface area (Å²) in [7, 11) is -5.89. The molecule has 0 atom stereocenters. The summed E-state index contributed by atoms with van der Waals surface area (Å²) in [5.41, 5.74) is 1.61. The molecular weight excluding hydrogens is 348 g/mol. The summed E-state index contributed by atoms with van der Waals surface area (Å²) >= 11 is 0. The van der Waals surface area contributed by atoms with E-state index in [1.54, 1.807) is 36.4 Å². The molecule has 0 unspecified atom stereocenters. The average molecular weight is 368 g/mol. The van der Waals surface area contributed by atoms with Gasteiger partial charge in [0.05, 0.1) is 9.79 Å². The molecule has 0 aliphatic carbocycles. The minimum Gasteiger partial charge on any atom is -0.214 e. The average Bonchev–Trinajstić information content (AvgIpc) is 2.60. The van der Waals surface area contributed by atoms with Crippen LogP contribution in [0.5, 0.6) is 0 Å². The zero-order chi connectivity index (χ0) is 17.8. The maximum absolute atomic E-state index is 12.3. The monoisotopic (exact) mass is 368 g/mol. The fraction of sp³-hybridized carbons (Fsp3) is 0.250. The van der Waals surface area contributed by atoms with E-state index in [9.17, 15) is 16.8 Å². The van der Waals surface area contributed by atoms with Gasteiger partial charge in [-0.3, -0.25) is 0 Å². The Kier molecular flexibility index (Phi) is 5.76. The standard InChI is InChI=1S/C16H20N2O4S2/c1-3-13-7-9-15(10-8-13)24(21,22)18-12-14-5-4-6-16(11-14)23(19,20)17-2/h4-11,17-18H,3,12H2,1-2H3. The fourth-order valence-electron chi connectivity index (χ4n) is 2.11. The largest absolute Gasteiger partial charge is 0.240 e. The highest BCUT2D eigenvalue weighted by Gasteiger charge is 2.15. The Labute approximate surface area is 143 Å². The molecule has 0 saturated carbocycles. The third-order valence-corrected chi connectivity index (χ3v) is 6.41. The fourth-order valence-corrected chi connectivity index (χ4v) is 3.92. The first-order valence-corrected chi connectivity index (χ1v) is 10.4. The van der Waals surface area contributed by atoms with Crippen molar-refractivity contribution in [3.05, 3.63) is 59.7 Å². The highest BCUT2D eigenvalue weighted by atomic mass is 32.2. The molecule has 130 valence electrons. The second-order valence-corrected chi connectivity index (χ2v) is 8.83. The molecule has 0 fully saturated rings. The number of hydrogen-bond donors (Lipinski definition) is 2. The third-order valence-electron chi connectivity index (χ3n) is 3.59. The van der Waals surface area contributed by atoms with Crippen molar-refractivity contribution in [2.24, 2.45) is 0 Å². The Morgan fingerprint density at radius 1 is 0.833 bits per heavy atom. The minimum atomic E-state index is -3.65. The van der Waals surface area contributed by atoms with Crippen molar-refractivity contribution in [2.45, 2.75) is 29.7 Å². The van der Waals surface area contributed by atoms with E-state index in [0.29, 0.717) is 5.56 Å². The van der Waals surface area contributed by atoms with Crippen LogP contribution in [-0.2, 0) is 33.0 Å². The van der Waals surface area contributed by atoms with Crippen LogP contribution >= 0.6 is 0 Å². The van der Waals surface area contributed by atoms with Gasteiger partial charge < -0.3 is 0 Å². The van der Waals surface area contributed by atoms with Gasteiger partial charge in [-0.25, -0.2) is 26.3 Å². The van der Waals surface area contributed by atoms with E-state index in [2.05, 4.69) is 9.44 Å². The molecule has 0 heterocycles. The van der Waals surface area contributed by atoms with Gasteiger partial charge in [0, 0.05) is 6.54 Å². The Bertz CT molecular complexity index is 905. The predicted octanol–water partition coefficient (Wildman–Crippen LogP) is 1.64. The summed E-state index contributed by atoms with van der Waals surface area (Å²) in [5, 5.41) is 0. The summed E-state index contributed by atoms with van der Waals surface area (Å²) in [4.78, 5) is 0.271. The SMILES string of the molecule is CCc1ccc(S(=O)(=O)NCc2cccc(S(=O)(=O)NC)c2)cc1. The van der Waals surface area contributed by atoms with E-state index in [-0.39, 0.29) is 16.3 Å². The zero-order valence-corrected chi connectivity index (χ0v) is 15.1. The van der Waals surface area contributed by atoms with Crippen LogP contribution in [0.25, 0.3) is 0 Å². The number of rotatable bonds is 7. The Morgan fingerprint density at radius 3 is 2.08 bits per heavy atom. The molecule has 0 bridgehead atoms. The van der Waals surface area contributed by atoms with Crippen molar-refractivity contribution in [3.63, 3.8) is 0 Å². The number of benzene rings is 2. The number of sulfonamides is 2. The summed E-state index contributed by atoms with van der Waals surface area (Å²) in [6.45, 7) is 2.00. The van der Waals surface area contributed by atoms with Crippen molar-refractivity contribution in [1.29, 1.82) is 0 Å². The van der Waals surface area contributed by atoms with Gasteiger partial charge in [-0.15, -0.1) is 0 Å². The van der Waals surface area contributed by atoms with Gasteiger partial charge in [0.25, 0.3) is 0 Å². The van der Waals surface area contributed by atoms with Crippen LogP contribution < -0.4 is 9.44 Å². The molecule has 0 saturated heterocycles. The minimum absolute atomic E-state index is 0.00490. The van der Waals surface area contributed by atoms with Gasteiger partial charge in [-0.2, -0.15) is 0 Å². The maximum Gasteiger partial charge on any atom is 0.240 e. The molecule has 0 aromatic heterocycles. The van der Waals surface area contributed by atoms with E-state index in [1.165, 1.54) is 19.2 Å². The topological polar surface area (TPSA) is 92.3 Å². The summed E-state index contributed by atoms with van der Waals surface area (Å²) in [6, 6.07) is 12.8. The second kappa shape index (κ2) is 7.43. The lowest BCUT2D eigenvalue weighted by Gasteiger charge is -2.09. The van der Waals surface area contributed by atoms with Crippen molar-refractivity contribution < 1.29 is 16.8 Å². The van der Waals surface area contributed by atoms with E-state index in [1.807, 2.05) is 6.92 Å². The van der Waals surface area contributed by atoms with Gasteiger partial charge in [-0.05, 0) is 48.9 Å². The molecule has 0 radical (unpaired) electrons. The molecule has 0 aliphatic heterocycles. The number of aryl methyl sites for hydroxylation is 1. The van der Waals surface area contributed by atoms with Gasteiger partial charge in [0.2, 0.25) is 20.0 Å². The van der Waals surface area contributed by atoms with E-state index < -0.39 is 20.0 Å². The van der Waals surface area contributed by atoms with Crippen LogP contribution in [0, 0.1) is 0 Å². The van der Waals surface area contributed by atoms with Crippen LogP contribution in [0.1, 0.15) is 18.1 Å². The lowest BCUT2D eigenvalue weighted by molar-refractivity contribution is 0.581. The highest BCUT2D eigenvalue weighted by molar-refractivity contribution is 7.89. The Balaban J connectivity index is 2.16. The van der Waals surface area contributed by atoms with Crippen LogP contribution in [0.3, 0.4) is 0 Å². The van der Waals surface area contributed by atoms with E-state index in [0.717, 1.165) is 12.0 Å². The van der Waals surface area contributed by atoms with Gasteiger partial charge in [-0.1, -0.05) is 31.2 Å². The quantitative estimate of drug-likeness (QED) is 0.777. The lowest BCUT2D eigenvalue weighted by Crippen LogP contribution is -2.23. The first-order chi connectivity index (χ1) is 11.3. The summed E-state index contributed by atoms with van der Waals surface area (Å²) in [5.74, 6) is 0. The van der Waals surface area contributed by atoms with Crippen LogP contribution in [-0.4, -0.2) is 23.9 Å². The number of hydrogen-bond acceptors (Lipinski definition) is 4. The number of nitrogens with one attached hydrogen (secondary N) is 2. The van der Waals surface area contributed by atoms with Crippen LogP contribution in [0.15, 0.2) is 58.3 Å². The van der Waals surface area contributed by atoms with Gasteiger partial charge in [0.1, 0.15) is 0 Å². The molecule has 0 amide bonds. The van der Waals surface area contributed by atoms with E-state index in [4.69, 9.17) is 0 Å². The first kappa shape index (κ1) is 18.6. The van der Waals surface area contributed by atoms with Gasteiger partial charge in [0.15, 0.2) is 0 Å². The first-order valence-electron chi connectivity index (χ1n) is 7.39. The highest BCUT2D eigenvalue weighted by Crippen LogP contribution is 2.14. The molecule has 2 rings (SSSR count). The third kappa shape index (κ3) is 4.41. The predicted molar refractivity (Wildman–Crippen MR) is 92.5 cm³/mol. The van der Waals surface area contributed by atoms with Crippen LogP contribution in [0.2, 0.25) is 0 Å². The second-order valence-electron chi connectivity index (χ2n) is 5.18. The molecule has 0 aliphatic rings. The molecule has 6 nitrogen and oxygen atoms in total. The lowest BCUT2D eigenvalue weighted by atomic mass is 10.2. The van der Waals surface area contributed by atoms with Gasteiger partial charge >= 0.3 is 0 Å². The van der Waals surface area contributed by atoms with Crippen molar-refractivity contribution in [3.8, 4) is 0 Å². The van der Waals surface area contributed by atoms with Crippen molar-refractivity contribution in [1.82, 2.24) is 9.44 Å². The molecular formula is C16H20N2O4S2. The Hall–Kier alpha value is -1.74. The molecule has 24 heavy (non-hydrogen) atoms. The van der Waals surface area contributed by atoms with Crippen LogP contribution in [0.4, 0.5) is 0 Å². The molecule has 2 aromatic rings. The van der Waals surface area contributed by atoms with Crippen molar-refractivity contribution >= 4 is 20.0 Å². The molecule has 8 heteroatoms. The van der Waals surface area contributed by atoms with Crippen molar-refractivity contribution in [2.75, 3.05) is 7.05 Å².